The third kappa shape index (κ3) is 4.25. The van der Waals surface area contributed by atoms with E-state index < -0.39 is 0 Å². The first kappa shape index (κ1) is 20.3. The number of amides is 1. The van der Waals surface area contributed by atoms with Gasteiger partial charge in [-0.1, -0.05) is 54.6 Å². The fourth-order valence-electron chi connectivity index (χ4n) is 4.48. The van der Waals surface area contributed by atoms with Crippen LogP contribution in [0.25, 0.3) is 22.3 Å². The molecule has 0 aliphatic carbocycles. The van der Waals surface area contributed by atoms with Gasteiger partial charge < -0.3 is 5.32 Å². The molecule has 0 saturated carbocycles. The summed E-state index contributed by atoms with van der Waals surface area (Å²) >= 11 is 0. The van der Waals surface area contributed by atoms with Crippen molar-refractivity contribution in [1.29, 1.82) is 0 Å². The molecule has 0 bridgehead atoms. The van der Waals surface area contributed by atoms with Crippen LogP contribution in [0.15, 0.2) is 85.1 Å². The van der Waals surface area contributed by atoms with Crippen LogP contribution in [0.4, 0.5) is 0 Å². The minimum absolute atomic E-state index is 0.0825. The Bertz CT molecular complexity index is 1200. The van der Waals surface area contributed by atoms with Crippen molar-refractivity contribution in [2.75, 3.05) is 19.6 Å². The van der Waals surface area contributed by atoms with Gasteiger partial charge in [0, 0.05) is 18.1 Å². The van der Waals surface area contributed by atoms with Crippen LogP contribution in [0.2, 0.25) is 0 Å². The molecule has 0 radical (unpaired) electrons. The van der Waals surface area contributed by atoms with Gasteiger partial charge in [-0.3, -0.25) is 14.7 Å². The van der Waals surface area contributed by atoms with Gasteiger partial charge in [-0.15, -0.1) is 0 Å². The molecule has 3 heterocycles. The Hall–Kier alpha value is -3.57. The molecule has 1 atom stereocenters. The molecule has 1 aliphatic rings. The predicted octanol–water partition coefficient (Wildman–Crippen LogP) is 4.86. The lowest BCUT2D eigenvalue weighted by Crippen LogP contribution is -2.36. The van der Waals surface area contributed by atoms with Crippen molar-refractivity contribution in [3.05, 3.63) is 96.2 Å². The van der Waals surface area contributed by atoms with Crippen molar-refractivity contribution in [1.82, 2.24) is 20.2 Å². The van der Waals surface area contributed by atoms with Crippen LogP contribution in [-0.4, -0.2) is 40.4 Å². The quantitative estimate of drug-likeness (QED) is 0.482. The minimum atomic E-state index is -0.0825. The van der Waals surface area contributed by atoms with E-state index in [1.165, 1.54) is 18.4 Å². The summed E-state index contributed by atoms with van der Waals surface area (Å²) < 4.78 is 0. The number of nitrogens with zero attached hydrogens (tertiary/aromatic N) is 3. The van der Waals surface area contributed by atoms with Gasteiger partial charge in [-0.05, 0) is 55.8 Å². The van der Waals surface area contributed by atoms with Crippen molar-refractivity contribution in [3.8, 4) is 11.4 Å². The molecule has 1 N–H and O–H groups in total. The second-order valence-electron chi connectivity index (χ2n) is 8.17. The van der Waals surface area contributed by atoms with Crippen LogP contribution in [0.1, 0.15) is 34.8 Å². The van der Waals surface area contributed by atoms with Gasteiger partial charge in [0.25, 0.3) is 5.91 Å². The van der Waals surface area contributed by atoms with Crippen molar-refractivity contribution < 1.29 is 4.79 Å². The average Bonchev–Trinajstić information content (AvgIpc) is 3.39. The summed E-state index contributed by atoms with van der Waals surface area (Å²) in [4.78, 5) is 25.1. The number of aromatic nitrogens is 2. The molecule has 5 rings (SSSR count). The molecule has 1 amide bonds. The van der Waals surface area contributed by atoms with Crippen LogP contribution < -0.4 is 5.32 Å². The summed E-state index contributed by atoms with van der Waals surface area (Å²) in [6, 6.07) is 26.0. The van der Waals surface area contributed by atoms with Crippen LogP contribution in [0, 0.1) is 0 Å². The zero-order chi connectivity index (χ0) is 21.8. The Morgan fingerprint density at radius 3 is 2.44 bits per heavy atom. The summed E-state index contributed by atoms with van der Waals surface area (Å²) in [5, 5.41) is 4.07. The van der Waals surface area contributed by atoms with E-state index in [0.29, 0.717) is 17.8 Å². The standard InChI is InChI=1S/C27H26N4O/c32-27(29-19-26(31-16-8-9-17-31)20-10-2-1-3-11-20)22-18-25(24-14-6-7-15-28-24)30-23-13-5-4-12-21(22)23/h1-7,10-15,18,26H,8-9,16-17,19H2,(H,29,32). The third-order valence-corrected chi connectivity index (χ3v) is 6.11. The van der Waals surface area contributed by atoms with Gasteiger partial charge >= 0.3 is 0 Å². The molecule has 4 aromatic rings. The number of pyridine rings is 2. The lowest BCUT2D eigenvalue weighted by atomic mass is 10.0. The highest BCUT2D eigenvalue weighted by Crippen LogP contribution is 2.26. The van der Waals surface area contributed by atoms with Gasteiger partial charge in [0.05, 0.1) is 28.5 Å². The van der Waals surface area contributed by atoms with E-state index in [9.17, 15) is 4.79 Å². The molecule has 1 fully saturated rings. The lowest BCUT2D eigenvalue weighted by Gasteiger charge is -2.28. The van der Waals surface area contributed by atoms with Crippen molar-refractivity contribution in [2.24, 2.45) is 0 Å². The van der Waals surface area contributed by atoms with Crippen molar-refractivity contribution in [3.63, 3.8) is 0 Å². The van der Waals surface area contributed by atoms with E-state index in [2.05, 4.69) is 39.5 Å². The Morgan fingerprint density at radius 2 is 1.66 bits per heavy atom. The third-order valence-electron chi connectivity index (χ3n) is 6.11. The number of nitrogens with one attached hydrogen (secondary N) is 1. The van der Waals surface area contributed by atoms with Crippen LogP contribution in [0.3, 0.4) is 0 Å². The highest BCUT2D eigenvalue weighted by molar-refractivity contribution is 6.07. The van der Waals surface area contributed by atoms with Gasteiger partial charge in [0.15, 0.2) is 0 Å². The number of likely N-dealkylation sites (tertiary alicyclic amines) is 1. The maximum atomic E-state index is 13.4. The summed E-state index contributed by atoms with van der Waals surface area (Å²) in [6.45, 7) is 2.70. The second-order valence-corrected chi connectivity index (χ2v) is 8.17. The van der Waals surface area contributed by atoms with E-state index in [4.69, 9.17) is 4.98 Å². The van der Waals surface area contributed by atoms with E-state index >= 15 is 0 Å². The smallest absolute Gasteiger partial charge is 0.252 e. The lowest BCUT2D eigenvalue weighted by molar-refractivity contribution is 0.0939. The number of carbonyl (C=O) groups is 1. The van der Waals surface area contributed by atoms with E-state index in [1.54, 1.807) is 6.20 Å². The van der Waals surface area contributed by atoms with E-state index in [0.717, 1.165) is 29.7 Å². The molecule has 1 aliphatic heterocycles. The topological polar surface area (TPSA) is 58.1 Å². The molecule has 2 aromatic carbocycles. The first-order valence-corrected chi connectivity index (χ1v) is 11.2. The maximum absolute atomic E-state index is 13.4. The molecule has 0 spiro atoms. The number of fused-ring (bicyclic) bond motifs is 1. The van der Waals surface area contributed by atoms with Gasteiger partial charge in [-0.25, -0.2) is 4.98 Å². The maximum Gasteiger partial charge on any atom is 0.252 e. The highest BCUT2D eigenvalue weighted by Gasteiger charge is 2.24. The van der Waals surface area contributed by atoms with E-state index in [-0.39, 0.29) is 11.9 Å². The van der Waals surface area contributed by atoms with Crippen LogP contribution in [0.5, 0.6) is 0 Å². The SMILES string of the molecule is O=C(NCC(c1ccccc1)N1CCCC1)c1cc(-c2ccccn2)nc2ccccc12. The fourth-order valence-corrected chi connectivity index (χ4v) is 4.48. The van der Waals surface area contributed by atoms with E-state index in [1.807, 2.05) is 54.6 Å². The zero-order valence-electron chi connectivity index (χ0n) is 17.9. The molecule has 5 heteroatoms. The van der Waals surface area contributed by atoms with Crippen molar-refractivity contribution in [2.45, 2.75) is 18.9 Å². The molecule has 160 valence electrons. The van der Waals surface area contributed by atoms with Gasteiger partial charge in [-0.2, -0.15) is 0 Å². The second kappa shape index (κ2) is 9.28. The number of hydrogen-bond acceptors (Lipinski definition) is 4. The van der Waals surface area contributed by atoms with Crippen molar-refractivity contribution >= 4 is 16.8 Å². The number of para-hydroxylation sites is 1. The number of rotatable bonds is 6. The Morgan fingerprint density at radius 1 is 0.906 bits per heavy atom. The average molecular weight is 423 g/mol. The molecule has 1 saturated heterocycles. The summed E-state index contributed by atoms with van der Waals surface area (Å²) in [5.41, 5.74) is 4.12. The zero-order valence-corrected chi connectivity index (χ0v) is 17.9. The Labute approximate surface area is 188 Å². The van der Waals surface area contributed by atoms with Gasteiger partial charge in [0.2, 0.25) is 0 Å². The molecule has 32 heavy (non-hydrogen) atoms. The largest absolute Gasteiger partial charge is 0.350 e. The Kier molecular flexibility index (Phi) is 5.90. The molecule has 2 aromatic heterocycles. The number of hydrogen-bond donors (Lipinski definition) is 1. The van der Waals surface area contributed by atoms with Crippen LogP contribution in [-0.2, 0) is 0 Å². The molecular weight excluding hydrogens is 396 g/mol. The highest BCUT2D eigenvalue weighted by atomic mass is 16.1. The van der Waals surface area contributed by atoms with Crippen LogP contribution >= 0.6 is 0 Å². The molecule has 5 nitrogen and oxygen atoms in total. The Balaban J connectivity index is 1.45. The first-order valence-electron chi connectivity index (χ1n) is 11.2. The minimum Gasteiger partial charge on any atom is -0.350 e. The number of carbonyl (C=O) groups excluding carboxylic acids is 1. The first-order chi connectivity index (χ1) is 15.8. The predicted molar refractivity (Wildman–Crippen MR) is 127 cm³/mol. The fraction of sp³-hybridized carbons (Fsp3) is 0.222. The molecule has 1 unspecified atom stereocenters. The summed E-state index contributed by atoms with van der Waals surface area (Å²) in [5.74, 6) is -0.0825. The monoisotopic (exact) mass is 422 g/mol. The number of benzene rings is 2. The van der Waals surface area contributed by atoms with Gasteiger partial charge in [0.1, 0.15) is 0 Å². The normalized spacial score (nSPS) is 15.0. The summed E-state index contributed by atoms with van der Waals surface area (Å²) in [6.07, 6.45) is 4.16. The summed E-state index contributed by atoms with van der Waals surface area (Å²) in [7, 11) is 0. The molecular formula is C27H26N4O.